The van der Waals surface area contributed by atoms with Crippen LogP contribution in [-0.2, 0) is 6.18 Å². The first-order chi connectivity index (χ1) is 10.1. The van der Waals surface area contributed by atoms with Crippen LogP contribution in [0.3, 0.4) is 0 Å². The molecule has 0 spiro atoms. The molecule has 0 amide bonds. The minimum atomic E-state index is -4.58. The van der Waals surface area contributed by atoms with Gasteiger partial charge >= 0.3 is 6.18 Å². The van der Waals surface area contributed by atoms with Crippen molar-refractivity contribution in [2.45, 2.75) is 13.0 Å². The van der Waals surface area contributed by atoms with Crippen LogP contribution in [0.25, 0.3) is 0 Å². The average molecular weight is 335 g/mol. The summed E-state index contributed by atoms with van der Waals surface area (Å²) in [6.07, 6.45) is -3.61. The lowest BCUT2D eigenvalue weighted by molar-refractivity contribution is -0.141. The Morgan fingerprint density at radius 2 is 2.11 bits per heavy atom. The summed E-state index contributed by atoms with van der Waals surface area (Å²) in [7, 11) is 0. The van der Waals surface area contributed by atoms with Crippen LogP contribution in [-0.4, -0.2) is 9.97 Å². The highest BCUT2D eigenvalue weighted by atomic mass is 79.9. The number of aromatic nitrogens is 2. The lowest BCUT2D eigenvalue weighted by Crippen LogP contribution is -2.10. The molecule has 0 atom stereocenters. The highest BCUT2D eigenvalue weighted by Crippen LogP contribution is 2.28. The van der Waals surface area contributed by atoms with Gasteiger partial charge in [0.25, 0.3) is 0 Å². The zero-order chi connectivity index (χ0) is 16.5. The number of aryl methyl sites for hydroxylation is 1. The summed E-state index contributed by atoms with van der Waals surface area (Å²) in [5, 5.41) is 2.57. The van der Waals surface area contributed by atoms with E-state index in [-0.39, 0.29) is 17.2 Å². The molecule has 19 heavy (non-hydrogen) atoms. The van der Waals surface area contributed by atoms with Crippen LogP contribution in [0.2, 0.25) is 0 Å². The van der Waals surface area contributed by atoms with Gasteiger partial charge in [-0.3, -0.25) is 0 Å². The maximum atomic E-state index is 12.6. The Hall–Kier alpha value is -1.63. The summed E-state index contributed by atoms with van der Waals surface area (Å²) >= 11 is 3.15. The summed E-state index contributed by atoms with van der Waals surface area (Å²) in [5.41, 5.74) is -0.785. The fraction of sp³-hybridized carbons (Fsp3) is 0.167. The number of alkyl halides is 3. The van der Waals surface area contributed by atoms with Gasteiger partial charge in [0.05, 0.1) is 0 Å². The van der Waals surface area contributed by atoms with Gasteiger partial charge < -0.3 is 5.32 Å². The van der Waals surface area contributed by atoms with Gasteiger partial charge in [0, 0.05) is 20.5 Å². The summed E-state index contributed by atoms with van der Waals surface area (Å²) in [4.78, 5) is 7.05. The molecule has 0 aliphatic carbocycles. The van der Waals surface area contributed by atoms with E-state index < -0.39 is 18.7 Å². The molecule has 0 bridgehead atoms. The predicted molar refractivity (Wildman–Crippen MR) is 69.2 cm³/mol. The number of rotatable bonds is 2. The van der Waals surface area contributed by atoms with E-state index in [0.29, 0.717) is 4.47 Å². The van der Waals surface area contributed by atoms with Crippen molar-refractivity contribution in [2.75, 3.05) is 5.32 Å². The van der Waals surface area contributed by atoms with E-state index in [9.17, 15) is 13.2 Å². The molecular formula is C12H9BrF3N3. The molecule has 1 heterocycles. The second-order valence-electron chi connectivity index (χ2n) is 3.62. The maximum Gasteiger partial charge on any atom is 0.433 e. The van der Waals surface area contributed by atoms with Crippen LogP contribution < -0.4 is 5.32 Å². The number of anilines is 2. The Balaban J connectivity index is 2.34. The third-order valence-corrected chi connectivity index (χ3v) is 2.56. The van der Waals surface area contributed by atoms with Crippen molar-refractivity contribution in [3.8, 4) is 0 Å². The van der Waals surface area contributed by atoms with Crippen molar-refractivity contribution in [2.24, 2.45) is 0 Å². The predicted octanol–water partition coefficient (Wildman–Crippen LogP) is 4.31. The van der Waals surface area contributed by atoms with Gasteiger partial charge in [0.1, 0.15) is 5.69 Å². The highest BCUT2D eigenvalue weighted by molar-refractivity contribution is 9.10. The second kappa shape index (κ2) is 5.16. The summed E-state index contributed by atoms with van der Waals surface area (Å²) < 4.78 is 60.3. The van der Waals surface area contributed by atoms with E-state index in [0.717, 1.165) is 12.3 Å². The quantitative estimate of drug-likeness (QED) is 0.889. The molecule has 1 aromatic heterocycles. The second-order valence-corrected chi connectivity index (χ2v) is 4.53. The SMILES string of the molecule is [2H]C([2H])([2H])c1cc(Br)cc(Nc2nccc(C(F)(F)F)n2)c1. The third-order valence-electron chi connectivity index (χ3n) is 2.10. The molecule has 1 N–H and O–H groups in total. The van der Waals surface area contributed by atoms with Gasteiger partial charge in [-0.15, -0.1) is 0 Å². The molecule has 0 saturated carbocycles. The number of nitrogens with zero attached hydrogens (tertiary/aromatic N) is 2. The largest absolute Gasteiger partial charge is 0.433 e. The fourth-order valence-electron chi connectivity index (χ4n) is 1.37. The van der Waals surface area contributed by atoms with E-state index in [1.54, 1.807) is 0 Å². The van der Waals surface area contributed by atoms with Crippen LogP contribution in [0.15, 0.2) is 34.9 Å². The van der Waals surface area contributed by atoms with Crippen LogP contribution in [0.4, 0.5) is 24.8 Å². The Kier molecular flexibility index (Phi) is 2.77. The minimum Gasteiger partial charge on any atom is -0.324 e. The van der Waals surface area contributed by atoms with Crippen molar-refractivity contribution in [1.82, 2.24) is 9.97 Å². The van der Waals surface area contributed by atoms with E-state index in [2.05, 4.69) is 31.2 Å². The van der Waals surface area contributed by atoms with Crippen molar-refractivity contribution in [3.05, 3.63) is 46.2 Å². The van der Waals surface area contributed by atoms with E-state index >= 15 is 0 Å². The topological polar surface area (TPSA) is 37.8 Å². The van der Waals surface area contributed by atoms with Crippen molar-refractivity contribution >= 4 is 27.6 Å². The van der Waals surface area contributed by atoms with Crippen molar-refractivity contribution in [3.63, 3.8) is 0 Å². The number of halogens is 4. The van der Waals surface area contributed by atoms with E-state index in [1.807, 2.05) is 0 Å². The zero-order valence-corrected chi connectivity index (χ0v) is 10.9. The molecule has 2 rings (SSSR count). The lowest BCUT2D eigenvalue weighted by Gasteiger charge is -2.09. The van der Waals surface area contributed by atoms with E-state index in [4.69, 9.17) is 4.11 Å². The average Bonchev–Trinajstić information content (AvgIpc) is 2.36. The van der Waals surface area contributed by atoms with Crippen LogP contribution in [0.1, 0.15) is 15.4 Å². The third kappa shape index (κ3) is 3.66. The smallest absolute Gasteiger partial charge is 0.324 e. The first-order valence-electron chi connectivity index (χ1n) is 6.54. The molecule has 0 aliphatic heterocycles. The van der Waals surface area contributed by atoms with Gasteiger partial charge in [-0.2, -0.15) is 13.2 Å². The Labute approximate surface area is 120 Å². The molecule has 2 aromatic rings. The van der Waals surface area contributed by atoms with E-state index in [1.165, 1.54) is 18.2 Å². The fourth-order valence-corrected chi connectivity index (χ4v) is 1.86. The summed E-state index contributed by atoms with van der Waals surface area (Å²) in [5.74, 6) is -0.274. The Morgan fingerprint density at radius 3 is 2.79 bits per heavy atom. The van der Waals surface area contributed by atoms with Gasteiger partial charge in [-0.1, -0.05) is 15.9 Å². The molecule has 0 radical (unpaired) electrons. The summed E-state index contributed by atoms with van der Waals surface area (Å²) in [6, 6.07) is 4.98. The minimum absolute atomic E-state index is 0.0383. The molecule has 1 aromatic carbocycles. The first-order valence-corrected chi connectivity index (χ1v) is 5.83. The number of benzene rings is 1. The summed E-state index contributed by atoms with van der Waals surface area (Å²) in [6.45, 7) is -2.34. The van der Waals surface area contributed by atoms with Gasteiger partial charge in [-0.25, -0.2) is 9.97 Å². The molecule has 0 unspecified atom stereocenters. The highest BCUT2D eigenvalue weighted by Gasteiger charge is 2.32. The molecule has 0 aliphatic rings. The molecule has 0 fully saturated rings. The Bertz CT molecular complexity index is 689. The van der Waals surface area contributed by atoms with Crippen LogP contribution >= 0.6 is 15.9 Å². The number of nitrogens with one attached hydrogen (secondary N) is 1. The molecule has 7 heteroatoms. The van der Waals surface area contributed by atoms with Gasteiger partial charge in [0.15, 0.2) is 0 Å². The van der Waals surface area contributed by atoms with Gasteiger partial charge in [-0.05, 0) is 36.7 Å². The molecular weight excluding hydrogens is 323 g/mol. The van der Waals surface area contributed by atoms with Crippen molar-refractivity contribution in [1.29, 1.82) is 0 Å². The van der Waals surface area contributed by atoms with Crippen molar-refractivity contribution < 1.29 is 17.3 Å². The number of hydrogen-bond donors (Lipinski definition) is 1. The number of hydrogen-bond acceptors (Lipinski definition) is 3. The zero-order valence-electron chi connectivity index (χ0n) is 12.3. The molecule has 3 nitrogen and oxygen atoms in total. The normalized spacial score (nSPS) is 14.4. The van der Waals surface area contributed by atoms with Crippen LogP contribution in [0, 0.1) is 6.85 Å². The molecule has 100 valence electrons. The molecule has 0 saturated heterocycles. The van der Waals surface area contributed by atoms with Crippen LogP contribution in [0.5, 0.6) is 0 Å². The maximum absolute atomic E-state index is 12.6. The standard InChI is InChI=1S/C12H9BrF3N3/c1-7-4-8(13)6-9(5-7)18-11-17-3-2-10(19-11)12(14,15)16/h2-6H,1H3,(H,17,18,19)/i1D3. The lowest BCUT2D eigenvalue weighted by atomic mass is 10.2. The monoisotopic (exact) mass is 334 g/mol. The first kappa shape index (κ1) is 10.2. The van der Waals surface area contributed by atoms with Gasteiger partial charge in [0.2, 0.25) is 5.95 Å². The Morgan fingerprint density at radius 1 is 1.32 bits per heavy atom.